The van der Waals surface area contributed by atoms with Gasteiger partial charge in [0, 0.05) is 6.20 Å². The summed E-state index contributed by atoms with van der Waals surface area (Å²) in [5.41, 5.74) is 2.00. The van der Waals surface area contributed by atoms with Crippen molar-refractivity contribution in [1.82, 2.24) is 4.98 Å². The fourth-order valence-electron chi connectivity index (χ4n) is 0.843. The Morgan fingerprint density at radius 3 is 3.00 bits per heavy atom. The van der Waals surface area contributed by atoms with Crippen molar-refractivity contribution in [3.05, 3.63) is 36.2 Å². The maximum absolute atomic E-state index is 5.68. The number of pyridine rings is 1. The normalized spacial score (nSPS) is 9.64. The van der Waals surface area contributed by atoms with Gasteiger partial charge in [-0.1, -0.05) is 25.1 Å². The van der Waals surface area contributed by atoms with Crippen LogP contribution in [0.5, 0.6) is 0 Å². The highest BCUT2D eigenvalue weighted by atomic mass is 35.5. The summed E-state index contributed by atoms with van der Waals surface area (Å²) in [6.07, 6.45) is 2.75. The van der Waals surface area contributed by atoms with Crippen LogP contribution in [0.2, 0.25) is 0 Å². The summed E-state index contributed by atoms with van der Waals surface area (Å²) in [6, 6.07) is 3.93. The Morgan fingerprint density at radius 1 is 1.73 bits per heavy atom. The third kappa shape index (κ3) is 2.05. The first-order chi connectivity index (χ1) is 5.24. The Balaban J connectivity index is 3.01. The van der Waals surface area contributed by atoms with Crippen LogP contribution in [0.1, 0.15) is 18.2 Å². The summed E-state index contributed by atoms with van der Waals surface area (Å²) in [6.45, 7) is 5.70. The Labute approximate surface area is 71.7 Å². The molecule has 0 aromatic carbocycles. The van der Waals surface area contributed by atoms with Gasteiger partial charge in [-0.15, -0.1) is 0 Å². The summed E-state index contributed by atoms with van der Waals surface area (Å²) < 4.78 is 0. The smallest absolute Gasteiger partial charge is 0.0812 e. The lowest BCUT2D eigenvalue weighted by Crippen LogP contribution is -1.86. The molecule has 0 atom stereocenters. The molecular weight excluding hydrogens is 158 g/mol. The first kappa shape index (κ1) is 8.28. The minimum Gasteiger partial charge on any atom is -0.255 e. The molecule has 0 saturated heterocycles. The zero-order valence-electron chi connectivity index (χ0n) is 6.47. The number of aryl methyl sites for hydroxylation is 1. The van der Waals surface area contributed by atoms with E-state index < -0.39 is 0 Å². The lowest BCUT2D eigenvalue weighted by atomic mass is 10.2. The second-order valence-electron chi connectivity index (χ2n) is 2.31. The second-order valence-corrected chi connectivity index (χ2v) is 2.76. The van der Waals surface area contributed by atoms with Crippen LogP contribution < -0.4 is 0 Å². The molecule has 0 aliphatic rings. The van der Waals surface area contributed by atoms with Crippen LogP contribution in [-0.4, -0.2) is 4.98 Å². The first-order valence-corrected chi connectivity index (χ1v) is 3.91. The van der Waals surface area contributed by atoms with Gasteiger partial charge >= 0.3 is 0 Å². The summed E-state index contributed by atoms with van der Waals surface area (Å²) >= 11 is 5.68. The fourth-order valence-corrected chi connectivity index (χ4v) is 0.946. The fraction of sp³-hybridized carbons (Fsp3) is 0.222. The minimum atomic E-state index is 0.500. The third-order valence-electron chi connectivity index (χ3n) is 1.51. The van der Waals surface area contributed by atoms with Crippen LogP contribution >= 0.6 is 11.6 Å². The highest BCUT2D eigenvalue weighted by Gasteiger charge is 1.96. The molecule has 1 rings (SSSR count). The van der Waals surface area contributed by atoms with Gasteiger partial charge in [-0.3, -0.25) is 4.98 Å². The number of aromatic nitrogens is 1. The van der Waals surface area contributed by atoms with E-state index in [0.717, 1.165) is 12.1 Å². The van der Waals surface area contributed by atoms with Gasteiger partial charge in [-0.25, -0.2) is 0 Å². The number of rotatable bonds is 2. The van der Waals surface area contributed by atoms with E-state index in [9.17, 15) is 0 Å². The number of hydrogen-bond donors (Lipinski definition) is 0. The average Bonchev–Trinajstić information content (AvgIpc) is 2.05. The highest BCUT2D eigenvalue weighted by molar-refractivity contribution is 6.48. The van der Waals surface area contributed by atoms with Crippen molar-refractivity contribution >= 4 is 16.6 Å². The molecule has 11 heavy (non-hydrogen) atoms. The molecular formula is C9H10ClN. The summed E-state index contributed by atoms with van der Waals surface area (Å²) in [4.78, 5) is 4.06. The lowest BCUT2D eigenvalue weighted by molar-refractivity contribution is 1.11. The molecule has 0 radical (unpaired) electrons. The quantitative estimate of drug-likeness (QED) is 0.660. The SMILES string of the molecule is C=C(Cl)c1cc(CC)ccn1. The van der Waals surface area contributed by atoms with Crippen LogP contribution in [-0.2, 0) is 6.42 Å². The van der Waals surface area contributed by atoms with Crippen molar-refractivity contribution < 1.29 is 0 Å². The number of hydrogen-bond acceptors (Lipinski definition) is 1. The van der Waals surface area contributed by atoms with Gasteiger partial charge in [0.15, 0.2) is 0 Å². The lowest BCUT2D eigenvalue weighted by Gasteiger charge is -1.98. The van der Waals surface area contributed by atoms with Crippen LogP contribution in [0, 0.1) is 0 Å². The molecule has 0 N–H and O–H groups in total. The van der Waals surface area contributed by atoms with Gasteiger partial charge in [0.2, 0.25) is 0 Å². The second kappa shape index (κ2) is 3.54. The molecule has 0 saturated carbocycles. The third-order valence-corrected chi connectivity index (χ3v) is 1.70. The Kier molecular flexibility index (Phi) is 2.66. The van der Waals surface area contributed by atoms with Crippen molar-refractivity contribution in [3.8, 4) is 0 Å². The predicted molar refractivity (Wildman–Crippen MR) is 48.5 cm³/mol. The van der Waals surface area contributed by atoms with Crippen LogP contribution in [0.4, 0.5) is 0 Å². The van der Waals surface area contributed by atoms with Gasteiger partial charge < -0.3 is 0 Å². The largest absolute Gasteiger partial charge is 0.255 e. The van der Waals surface area contributed by atoms with Gasteiger partial charge in [-0.05, 0) is 24.1 Å². The molecule has 0 bridgehead atoms. The Morgan fingerprint density at radius 2 is 2.45 bits per heavy atom. The van der Waals surface area contributed by atoms with E-state index in [4.69, 9.17) is 11.6 Å². The molecule has 0 amide bonds. The molecule has 2 heteroatoms. The zero-order valence-corrected chi connectivity index (χ0v) is 7.23. The van der Waals surface area contributed by atoms with Gasteiger partial charge in [0.05, 0.1) is 10.7 Å². The Bertz CT molecular complexity index is 268. The number of halogens is 1. The maximum Gasteiger partial charge on any atom is 0.0812 e. The van der Waals surface area contributed by atoms with Crippen LogP contribution in [0.25, 0.3) is 5.03 Å². The van der Waals surface area contributed by atoms with Crippen LogP contribution in [0.15, 0.2) is 24.9 Å². The van der Waals surface area contributed by atoms with E-state index in [1.165, 1.54) is 5.56 Å². The van der Waals surface area contributed by atoms with Crippen LogP contribution in [0.3, 0.4) is 0 Å². The van der Waals surface area contributed by atoms with Gasteiger partial charge in [0.1, 0.15) is 0 Å². The van der Waals surface area contributed by atoms with E-state index >= 15 is 0 Å². The molecule has 0 aliphatic heterocycles. The molecule has 1 aromatic rings. The number of nitrogens with zero attached hydrogens (tertiary/aromatic N) is 1. The topological polar surface area (TPSA) is 12.9 Å². The van der Waals surface area contributed by atoms with E-state index in [1.54, 1.807) is 6.20 Å². The van der Waals surface area contributed by atoms with Gasteiger partial charge in [-0.2, -0.15) is 0 Å². The van der Waals surface area contributed by atoms with Crippen molar-refractivity contribution in [2.75, 3.05) is 0 Å². The summed E-state index contributed by atoms with van der Waals surface area (Å²) in [5, 5.41) is 0.500. The van der Waals surface area contributed by atoms with E-state index in [0.29, 0.717) is 5.03 Å². The predicted octanol–water partition coefficient (Wildman–Crippen LogP) is 2.85. The van der Waals surface area contributed by atoms with E-state index in [1.807, 2.05) is 12.1 Å². The molecule has 1 heterocycles. The van der Waals surface area contributed by atoms with E-state index in [2.05, 4.69) is 18.5 Å². The minimum absolute atomic E-state index is 0.500. The maximum atomic E-state index is 5.68. The first-order valence-electron chi connectivity index (χ1n) is 3.53. The monoisotopic (exact) mass is 167 g/mol. The van der Waals surface area contributed by atoms with E-state index in [-0.39, 0.29) is 0 Å². The summed E-state index contributed by atoms with van der Waals surface area (Å²) in [7, 11) is 0. The van der Waals surface area contributed by atoms with Crippen molar-refractivity contribution in [1.29, 1.82) is 0 Å². The average molecular weight is 168 g/mol. The van der Waals surface area contributed by atoms with Crippen molar-refractivity contribution in [2.24, 2.45) is 0 Å². The standard InChI is InChI=1S/C9H10ClN/c1-3-8-4-5-11-9(6-8)7(2)10/h4-6H,2-3H2,1H3. The molecule has 0 unspecified atom stereocenters. The zero-order chi connectivity index (χ0) is 8.27. The Hall–Kier alpha value is -0.820. The molecule has 0 fully saturated rings. The summed E-state index contributed by atoms with van der Waals surface area (Å²) in [5.74, 6) is 0. The highest BCUT2D eigenvalue weighted by Crippen LogP contribution is 2.14. The molecule has 1 aromatic heterocycles. The van der Waals surface area contributed by atoms with Crippen molar-refractivity contribution in [3.63, 3.8) is 0 Å². The molecule has 1 nitrogen and oxygen atoms in total. The molecule has 0 spiro atoms. The molecule has 0 aliphatic carbocycles. The van der Waals surface area contributed by atoms with Gasteiger partial charge in [0.25, 0.3) is 0 Å². The van der Waals surface area contributed by atoms with Crippen molar-refractivity contribution in [2.45, 2.75) is 13.3 Å². The molecule has 58 valence electrons.